The van der Waals surface area contributed by atoms with Crippen molar-refractivity contribution in [3.63, 3.8) is 0 Å². The van der Waals surface area contributed by atoms with Gasteiger partial charge >= 0.3 is 0 Å². The largest absolute Gasteiger partial charge is 0.310 e. The SMILES string of the molecule is CC(C)(C)c1ccc2c(c1)c1cc(C(C)(C)C)cc3c1n2-c1cc2c(cc1B3c1c(-c3ccccc3)cccc1-c1ccccc1)-n1c3ccc(C(C)(C)C)cc3c3cc(C(C)(C)C)cc(c31)B2c1c(-c2ccccc2)cccc1-c1ccccc1. The Kier molecular flexibility index (Phi) is 12.1. The highest BCUT2D eigenvalue weighted by molar-refractivity contribution is 7.01. The van der Waals surface area contributed by atoms with E-state index in [9.17, 15) is 0 Å². The van der Waals surface area contributed by atoms with Crippen LogP contribution in [0.4, 0.5) is 0 Å². The highest BCUT2D eigenvalue weighted by atomic mass is 15.0. The van der Waals surface area contributed by atoms with Crippen molar-refractivity contribution in [3.05, 3.63) is 253 Å². The van der Waals surface area contributed by atoms with Gasteiger partial charge in [-0.25, -0.2) is 0 Å². The first-order valence-electron chi connectivity index (χ1n) is 31.1. The van der Waals surface area contributed by atoms with E-state index >= 15 is 0 Å². The zero-order valence-corrected chi connectivity index (χ0v) is 52.0. The first-order chi connectivity index (χ1) is 41.2. The third kappa shape index (κ3) is 8.45. The molecule has 0 saturated heterocycles. The molecule has 4 heterocycles. The van der Waals surface area contributed by atoms with Crippen molar-refractivity contribution in [3.8, 4) is 55.9 Å². The summed E-state index contributed by atoms with van der Waals surface area (Å²) in [7, 11) is 0. The van der Waals surface area contributed by atoms with Crippen LogP contribution in [0.2, 0.25) is 0 Å². The quantitative estimate of drug-likeness (QED) is 0.147. The molecule has 2 aliphatic heterocycles. The summed E-state index contributed by atoms with van der Waals surface area (Å²) in [5.74, 6) is 0. The highest BCUT2D eigenvalue weighted by Crippen LogP contribution is 2.43. The van der Waals surface area contributed by atoms with Gasteiger partial charge in [-0.05, 0) is 159 Å². The first-order valence-corrected chi connectivity index (χ1v) is 31.1. The fourth-order valence-electron chi connectivity index (χ4n) is 14.7. The maximum absolute atomic E-state index is 2.71. The Morgan fingerprint density at radius 2 is 0.547 bits per heavy atom. The Balaban J connectivity index is 1.18. The molecule has 0 spiro atoms. The molecular weight excluding hydrogens is 1030 g/mol. The molecule has 86 heavy (non-hydrogen) atoms. The van der Waals surface area contributed by atoms with Crippen molar-refractivity contribution < 1.29 is 0 Å². The minimum atomic E-state index is -0.185. The lowest BCUT2D eigenvalue weighted by Crippen LogP contribution is -2.61. The molecule has 13 aromatic rings. The van der Waals surface area contributed by atoms with Crippen LogP contribution in [0.3, 0.4) is 0 Å². The van der Waals surface area contributed by atoms with Gasteiger partial charge in [-0.3, -0.25) is 0 Å². The van der Waals surface area contributed by atoms with Crippen LogP contribution < -0.4 is 32.8 Å². The number of hydrogen-bond donors (Lipinski definition) is 0. The predicted octanol–water partition coefficient (Wildman–Crippen LogP) is 17.4. The molecule has 4 heteroatoms. The summed E-state index contributed by atoms with van der Waals surface area (Å²) in [6.07, 6.45) is 0. The second-order valence-electron chi connectivity index (χ2n) is 28.9. The Hall–Kier alpha value is -8.85. The van der Waals surface area contributed by atoms with Gasteiger partial charge in [0.05, 0.1) is 11.0 Å². The molecule has 11 aromatic carbocycles. The number of rotatable bonds is 6. The van der Waals surface area contributed by atoms with Gasteiger partial charge in [0.1, 0.15) is 0 Å². The monoisotopic (exact) mass is 1110 g/mol. The van der Waals surface area contributed by atoms with E-state index in [1.54, 1.807) is 0 Å². The van der Waals surface area contributed by atoms with Crippen LogP contribution in [0.15, 0.2) is 231 Å². The molecule has 0 amide bonds. The van der Waals surface area contributed by atoms with Gasteiger partial charge in [0.2, 0.25) is 13.4 Å². The van der Waals surface area contributed by atoms with Crippen molar-refractivity contribution >= 4 is 89.8 Å². The lowest BCUT2D eigenvalue weighted by Gasteiger charge is -2.36. The molecule has 0 radical (unpaired) electrons. The van der Waals surface area contributed by atoms with Gasteiger partial charge in [-0.15, -0.1) is 0 Å². The van der Waals surface area contributed by atoms with Crippen LogP contribution in [0.5, 0.6) is 0 Å². The van der Waals surface area contributed by atoms with E-state index in [1.165, 1.54) is 155 Å². The summed E-state index contributed by atoms with van der Waals surface area (Å²) in [5.41, 5.74) is 30.3. The number of hydrogen-bond acceptors (Lipinski definition) is 0. The zero-order chi connectivity index (χ0) is 59.3. The summed E-state index contributed by atoms with van der Waals surface area (Å²) in [4.78, 5) is 0. The zero-order valence-electron chi connectivity index (χ0n) is 52.0. The van der Waals surface area contributed by atoms with Gasteiger partial charge in [0.15, 0.2) is 0 Å². The van der Waals surface area contributed by atoms with Crippen molar-refractivity contribution in [2.75, 3.05) is 0 Å². The van der Waals surface area contributed by atoms with Crippen LogP contribution in [-0.4, -0.2) is 22.6 Å². The summed E-state index contributed by atoms with van der Waals surface area (Å²) >= 11 is 0. The van der Waals surface area contributed by atoms with E-state index < -0.39 is 0 Å². The maximum Gasteiger partial charge on any atom is 0.248 e. The molecule has 0 fully saturated rings. The molecule has 2 aliphatic rings. The second-order valence-corrected chi connectivity index (χ2v) is 28.9. The summed E-state index contributed by atoms with van der Waals surface area (Å²) in [6, 6.07) is 89.3. The topological polar surface area (TPSA) is 9.86 Å². The average molecular weight is 1110 g/mol. The molecule has 0 atom stereocenters. The second kappa shape index (κ2) is 19.3. The molecule has 0 aliphatic carbocycles. The molecule has 0 N–H and O–H groups in total. The van der Waals surface area contributed by atoms with Gasteiger partial charge in [0, 0.05) is 44.0 Å². The standard InChI is InChI=1S/C82H74B2N2/c1-79(2,3)55-39-41-71-63(43-55)65-45-57(81(7,8)9)47-69-77(65)85(71)73-49-68-74(50-67(73)83(69)75-59(51-27-17-13-18-28-51)35-25-36-60(75)52-29-19-14-20-30-52)86-72-42-40-56(80(4,5)6)44-64(72)66-46-58(82(10,11)12)48-70(78(66)86)84(68)76-61(53-31-21-15-22-32-53)37-26-38-62(76)54-33-23-16-24-34-54/h13-50H,1-12H3. The molecule has 418 valence electrons. The molecule has 2 nitrogen and oxygen atoms in total. The lowest BCUT2D eigenvalue weighted by atomic mass is 9.31. The minimum Gasteiger partial charge on any atom is -0.310 e. The first kappa shape index (κ1) is 53.8. The Labute approximate surface area is 509 Å². The summed E-state index contributed by atoms with van der Waals surface area (Å²) in [5, 5.41) is 5.22. The predicted molar refractivity (Wildman–Crippen MR) is 374 cm³/mol. The van der Waals surface area contributed by atoms with Crippen molar-refractivity contribution in [1.82, 2.24) is 9.13 Å². The maximum atomic E-state index is 2.71. The van der Waals surface area contributed by atoms with Crippen molar-refractivity contribution in [1.29, 1.82) is 0 Å². The van der Waals surface area contributed by atoms with Crippen LogP contribution >= 0.6 is 0 Å². The fraction of sp³-hybridized carbons (Fsp3) is 0.195. The smallest absolute Gasteiger partial charge is 0.248 e. The van der Waals surface area contributed by atoms with Gasteiger partial charge in [0.25, 0.3) is 0 Å². The number of aromatic nitrogens is 2. The third-order valence-corrected chi connectivity index (χ3v) is 19.3. The van der Waals surface area contributed by atoms with E-state index in [1.807, 2.05) is 0 Å². The Morgan fingerprint density at radius 1 is 0.256 bits per heavy atom. The van der Waals surface area contributed by atoms with Crippen LogP contribution in [0.25, 0.3) is 99.5 Å². The van der Waals surface area contributed by atoms with E-state index in [4.69, 9.17) is 0 Å². The number of benzene rings is 11. The van der Waals surface area contributed by atoms with Gasteiger partial charge in [-0.1, -0.05) is 276 Å². The Morgan fingerprint density at radius 3 is 0.837 bits per heavy atom. The van der Waals surface area contributed by atoms with Crippen LogP contribution in [0.1, 0.15) is 105 Å². The van der Waals surface area contributed by atoms with Gasteiger partial charge < -0.3 is 9.13 Å². The average Bonchev–Trinajstić information content (AvgIpc) is 1.42. The number of fused-ring (bicyclic) bond motifs is 10. The van der Waals surface area contributed by atoms with E-state index in [0.717, 1.165) is 0 Å². The molecule has 0 bridgehead atoms. The highest BCUT2D eigenvalue weighted by Gasteiger charge is 2.43. The molecular formula is C82H74B2N2. The minimum absolute atomic E-state index is 0.0559. The molecule has 2 aromatic heterocycles. The van der Waals surface area contributed by atoms with Gasteiger partial charge in [-0.2, -0.15) is 0 Å². The molecule has 15 rings (SSSR count). The third-order valence-electron chi connectivity index (χ3n) is 19.3. The normalized spacial score (nSPS) is 13.3. The molecule has 0 saturated carbocycles. The Bertz CT molecular complexity index is 4450. The van der Waals surface area contributed by atoms with E-state index in [0.29, 0.717) is 0 Å². The van der Waals surface area contributed by atoms with Crippen LogP contribution in [0, 0.1) is 0 Å². The van der Waals surface area contributed by atoms with E-state index in [2.05, 4.69) is 323 Å². The summed E-state index contributed by atoms with van der Waals surface area (Å²) in [6.45, 7) is 28.1. The lowest BCUT2D eigenvalue weighted by molar-refractivity contribution is 0.590. The van der Waals surface area contributed by atoms with Crippen molar-refractivity contribution in [2.24, 2.45) is 0 Å². The number of nitrogens with zero attached hydrogens (tertiary/aromatic N) is 2. The fourth-order valence-corrected chi connectivity index (χ4v) is 14.7. The van der Waals surface area contributed by atoms with Crippen LogP contribution in [-0.2, 0) is 21.7 Å². The molecule has 0 unspecified atom stereocenters. The van der Waals surface area contributed by atoms with E-state index in [-0.39, 0.29) is 35.1 Å². The van der Waals surface area contributed by atoms with Crippen molar-refractivity contribution in [2.45, 2.75) is 105 Å². The summed E-state index contributed by atoms with van der Waals surface area (Å²) < 4.78 is 5.41.